The predicted octanol–water partition coefficient (Wildman–Crippen LogP) is 5.69. The van der Waals surface area contributed by atoms with Crippen LogP contribution in [-0.4, -0.2) is 21.9 Å². The van der Waals surface area contributed by atoms with Crippen LogP contribution in [0.2, 0.25) is 19.7 Å². The van der Waals surface area contributed by atoms with E-state index in [0.717, 1.165) is 4.88 Å². The molecule has 0 bridgehead atoms. The molecule has 0 spiro atoms. The van der Waals surface area contributed by atoms with E-state index in [1.165, 1.54) is 41.8 Å². The molecule has 0 unspecified atom stereocenters. The molecule has 2 aromatic heterocycles. The number of anilines is 1. The van der Waals surface area contributed by atoms with E-state index in [2.05, 4.69) is 20.6 Å². The van der Waals surface area contributed by atoms with Gasteiger partial charge >= 0.3 is 6.03 Å². The molecule has 7 nitrogen and oxygen atoms in total. The van der Waals surface area contributed by atoms with E-state index in [4.69, 9.17) is 51.1 Å². The van der Waals surface area contributed by atoms with E-state index in [-0.39, 0.29) is 38.8 Å². The van der Waals surface area contributed by atoms with Crippen LogP contribution < -0.4 is 15.4 Å². The molecule has 0 fully saturated rings. The van der Waals surface area contributed by atoms with Crippen LogP contribution in [0.25, 0.3) is 0 Å². The number of hydrogen-bond acceptors (Lipinski definition) is 6. The molecule has 0 saturated heterocycles. The number of thiazole rings is 1. The second-order valence-electron chi connectivity index (χ2n) is 5.39. The average Bonchev–Trinajstić information content (AvgIpc) is 3.06. The maximum atomic E-state index is 12.1. The normalized spacial score (nSPS) is 10.5. The summed E-state index contributed by atoms with van der Waals surface area (Å²) in [6.07, 6.45) is 3.01. The lowest BCUT2D eigenvalue weighted by molar-refractivity contribution is 0.0967. The zero-order valence-corrected chi connectivity index (χ0v) is 18.1. The lowest BCUT2D eigenvalue weighted by Crippen LogP contribution is -2.34. The third kappa shape index (κ3) is 5.71. The fraction of sp³-hybridized carbons (Fsp3) is 0.0588. The summed E-state index contributed by atoms with van der Waals surface area (Å²) >= 11 is 25.3. The number of halogens is 4. The molecule has 2 heterocycles. The molecule has 29 heavy (non-hydrogen) atoms. The van der Waals surface area contributed by atoms with Gasteiger partial charge in [-0.15, -0.1) is 11.3 Å². The standard InChI is InChI=1S/C17H10Cl4N4O3S/c18-11-4-8(5-12(19)13(11)28-7-9-6-23-16(21)29-9)24-17(27)25-15(26)10-2-1-3-22-14(10)20/h1-6H,7H2,(H2,24,25,26,27). The van der Waals surface area contributed by atoms with Crippen molar-refractivity contribution in [3.63, 3.8) is 0 Å². The van der Waals surface area contributed by atoms with Crippen molar-refractivity contribution < 1.29 is 14.3 Å². The Labute approximate surface area is 188 Å². The Hall–Kier alpha value is -2.10. The Balaban J connectivity index is 1.64. The summed E-state index contributed by atoms with van der Waals surface area (Å²) in [5.74, 6) is -0.469. The van der Waals surface area contributed by atoms with E-state index in [1.807, 2.05) is 0 Å². The molecule has 2 N–H and O–H groups in total. The number of benzene rings is 1. The third-order valence-electron chi connectivity index (χ3n) is 3.37. The molecule has 3 rings (SSSR count). The first-order valence-electron chi connectivity index (χ1n) is 7.78. The van der Waals surface area contributed by atoms with Gasteiger partial charge in [0, 0.05) is 18.1 Å². The van der Waals surface area contributed by atoms with E-state index in [0.29, 0.717) is 4.47 Å². The second kappa shape index (κ2) is 9.60. The molecule has 0 radical (unpaired) electrons. The first-order valence-corrected chi connectivity index (χ1v) is 10.1. The number of hydrogen-bond donors (Lipinski definition) is 2. The topological polar surface area (TPSA) is 93.2 Å². The Morgan fingerprint density at radius 3 is 2.45 bits per heavy atom. The summed E-state index contributed by atoms with van der Waals surface area (Å²) in [5.41, 5.74) is 0.322. The number of carbonyl (C=O) groups excluding carboxylic acids is 2. The molecule has 0 aliphatic rings. The molecule has 0 saturated carbocycles. The summed E-state index contributed by atoms with van der Waals surface area (Å²) in [4.78, 5) is 32.7. The first kappa shape index (κ1) is 21.6. The van der Waals surface area contributed by atoms with Gasteiger partial charge in [-0.1, -0.05) is 46.4 Å². The Kier molecular flexibility index (Phi) is 7.15. The van der Waals surface area contributed by atoms with Gasteiger partial charge in [-0.3, -0.25) is 10.1 Å². The highest BCUT2D eigenvalue weighted by atomic mass is 35.5. The van der Waals surface area contributed by atoms with Crippen molar-refractivity contribution in [3.05, 3.63) is 66.8 Å². The zero-order valence-electron chi connectivity index (χ0n) is 14.2. The van der Waals surface area contributed by atoms with Crippen LogP contribution in [0.3, 0.4) is 0 Å². The quantitative estimate of drug-likeness (QED) is 0.447. The minimum atomic E-state index is -0.796. The van der Waals surface area contributed by atoms with Gasteiger partial charge in [-0.2, -0.15) is 0 Å². The van der Waals surface area contributed by atoms with Crippen molar-refractivity contribution >= 4 is 75.4 Å². The first-order chi connectivity index (χ1) is 13.8. The van der Waals surface area contributed by atoms with Gasteiger partial charge in [0.05, 0.1) is 20.5 Å². The van der Waals surface area contributed by atoms with Gasteiger partial charge in [0.15, 0.2) is 10.2 Å². The summed E-state index contributed by atoms with van der Waals surface area (Å²) in [6, 6.07) is 5.04. The lowest BCUT2D eigenvalue weighted by Gasteiger charge is -2.12. The van der Waals surface area contributed by atoms with Crippen LogP contribution >= 0.6 is 57.7 Å². The fourth-order valence-electron chi connectivity index (χ4n) is 2.15. The number of ether oxygens (including phenoxy) is 1. The van der Waals surface area contributed by atoms with Crippen molar-refractivity contribution in [1.29, 1.82) is 0 Å². The van der Waals surface area contributed by atoms with Crippen LogP contribution in [0.1, 0.15) is 15.2 Å². The summed E-state index contributed by atoms with van der Waals surface area (Å²) in [5, 5.41) is 4.92. The van der Waals surface area contributed by atoms with Gasteiger partial charge in [-0.05, 0) is 24.3 Å². The van der Waals surface area contributed by atoms with Gasteiger partial charge in [0.25, 0.3) is 5.91 Å². The van der Waals surface area contributed by atoms with Crippen LogP contribution in [0.4, 0.5) is 10.5 Å². The number of nitrogens with zero attached hydrogens (tertiary/aromatic N) is 2. The number of urea groups is 1. The molecule has 0 aliphatic carbocycles. The van der Waals surface area contributed by atoms with Gasteiger partial charge in [-0.25, -0.2) is 14.8 Å². The van der Waals surface area contributed by atoms with Crippen molar-refractivity contribution in [1.82, 2.24) is 15.3 Å². The van der Waals surface area contributed by atoms with Gasteiger partial charge in [0.2, 0.25) is 0 Å². The highest BCUT2D eigenvalue weighted by Gasteiger charge is 2.16. The predicted molar refractivity (Wildman–Crippen MR) is 114 cm³/mol. The fourth-order valence-corrected chi connectivity index (χ4v) is 3.84. The van der Waals surface area contributed by atoms with E-state index >= 15 is 0 Å². The molecule has 12 heteroatoms. The summed E-state index contributed by atoms with van der Waals surface area (Å²) < 4.78 is 6.00. The smallest absolute Gasteiger partial charge is 0.326 e. The Morgan fingerprint density at radius 1 is 1.10 bits per heavy atom. The largest absolute Gasteiger partial charge is 0.485 e. The van der Waals surface area contributed by atoms with Crippen LogP contribution in [-0.2, 0) is 6.61 Å². The zero-order chi connectivity index (χ0) is 21.0. The monoisotopic (exact) mass is 490 g/mol. The Bertz CT molecular complexity index is 1050. The lowest BCUT2D eigenvalue weighted by atomic mass is 10.2. The number of amides is 3. The van der Waals surface area contributed by atoms with Crippen molar-refractivity contribution in [2.75, 3.05) is 5.32 Å². The molecule has 3 aromatic rings. The number of aromatic nitrogens is 2. The van der Waals surface area contributed by atoms with E-state index in [1.54, 1.807) is 6.20 Å². The number of rotatable bonds is 5. The van der Waals surface area contributed by atoms with E-state index in [9.17, 15) is 9.59 Å². The Morgan fingerprint density at radius 2 is 1.83 bits per heavy atom. The van der Waals surface area contributed by atoms with Gasteiger partial charge < -0.3 is 10.1 Å². The summed E-state index contributed by atoms with van der Waals surface area (Å²) in [6.45, 7) is 0.178. The average molecular weight is 492 g/mol. The number of carbonyl (C=O) groups is 2. The highest BCUT2D eigenvalue weighted by Crippen LogP contribution is 2.37. The molecule has 3 amide bonds. The van der Waals surface area contributed by atoms with Crippen LogP contribution in [0, 0.1) is 0 Å². The van der Waals surface area contributed by atoms with Crippen molar-refractivity contribution in [2.24, 2.45) is 0 Å². The van der Waals surface area contributed by atoms with Gasteiger partial charge in [0.1, 0.15) is 11.8 Å². The van der Waals surface area contributed by atoms with Crippen molar-refractivity contribution in [3.8, 4) is 5.75 Å². The highest BCUT2D eigenvalue weighted by molar-refractivity contribution is 7.15. The minimum Gasteiger partial charge on any atom is -0.485 e. The summed E-state index contributed by atoms with van der Waals surface area (Å²) in [7, 11) is 0. The van der Waals surface area contributed by atoms with Crippen LogP contribution in [0.15, 0.2) is 36.7 Å². The molecule has 0 aliphatic heterocycles. The molecular formula is C17H10Cl4N4O3S. The SMILES string of the molecule is O=C(NC(=O)c1cccnc1Cl)Nc1cc(Cl)c(OCc2cnc(Cl)s2)c(Cl)c1. The molecule has 1 aromatic carbocycles. The second-order valence-corrected chi connectivity index (χ2v) is 8.26. The number of pyridine rings is 1. The van der Waals surface area contributed by atoms with E-state index < -0.39 is 11.9 Å². The minimum absolute atomic E-state index is 0.0207. The molecular weight excluding hydrogens is 482 g/mol. The third-order valence-corrected chi connectivity index (χ3v) is 5.32. The maximum absolute atomic E-state index is 12.1. The number of imide groups is 1. The maximum Gasteiger partial charge on any atom is 0.326 e. The number of nitrogens with one attached hydrogen (secondary N) is 2. The van der Waals surface area contributed by atoms with Crippen molar-refractivity contribution in [2.45, 2.75) is 6.61 Å². The molecule has 150 valence electrons. The molecule has 0 atom stereocenters. The van der Waals surface area contributed by atoms with Crippen LogP contribution in [0.5, 0.6) is 5.75 Å².